The molecule has 2 fully saturated rings. The fourth-order valence-corrected chi connectivity index (χ4v) is 5.36. The highest BCUT2D eigenvalue weighted by molar-refractivity contribution is 7.91. The molecular formula is C18H27N3O4S. The Balaban J connectivity index is 1.64. The Kier molecular flexibility index (Phi) is 6.16. The maximum Gasteiger partial charge on any atom is 0.238 e. The summed E-state index contributed by atoms with van der Waals surface area (Å²) in [7, 11) is -2.96. The summed E-state index contributed by atoms with van der Waals surface area (Å²) >= 11 is 0. The van der Waals surface area contributed by atoms with Gasteiger partial charge in [-0.2, -0.15) is 0 Å². The minimum atomic E-state index is -2.96. The van der Waals surface area contributed by atoms with Crippen molar-refractivity contribution >= 4 is 27.1 Å². The van der Waals surface area contributed by atoms with Crippen molar-refractivity contribution < 1.29 is 17.9 Å². The lowest BCUT2D eigenvalue weighted by atomic mass is 10.2. The molecule has 2 heterocycles. The molecule has 0 aromatic heterocycles. The van der Waals surface area contributed by atoms with Crippen LogP contribution in [0, 0.1) is 0 Å². The number of hydrogen-bond acceptors (Lipinski definition) is 6. The molecule has 1 N–H and O–H groups in total. The van der Waals surface area contributed by atoms with E-state index in [-0.39, 0.29) is 30.0 Å². The SMILES string of the molecule is CCN(CC(=O)Nc1ccccc1N1CCOCC1)C1CCS(=O)(=O)C1. The van der Waals surface area contributed by atoms with Crippen molar-refractivity contribution in [3.8, 4) is 0 Å². The number of nitrogens with one attached hydrogen (secondary N) is 1. The number of sulfone groups is 1. The number of hydrogen-bond donors (Lipinski definition) is 1. The highest BCUT2D eigenvalue weighted by atomic mass is 32.2. The number of carbonyl (C=O) groups is 1. The van der Waals surface area contributed by atoms with E-state index in [9.17, 15) is 13.2 Å². The molecule has 0 radical (unpaired) electrons. The second-order valence-electron chi connectivity index (χ2n) is 6.78. The third kappa shape index (κ3) is 4.75. The molecule has 1 amide bonds. The Morgan fingerprint density at radius 1 is 1.31 bits per heavy atom. The molecule has 3 rings (SSSR count). The van der Waals surface area contributed by atoms with Crippen molar-refractivity contribution in [2.24, 2.45) is 0 Å². The van der Waals surface area contributed by atoms with E-state index in [1.807, 2.05) is 36.1 Å². The molecule has 26 heavy (non-hydrogen) atoms. The van der Waals surface area contributed by atoms with E-state index in [1.165, 1.54) is 0 Å². The molecule has 0 aliphatic carbocycles. The zero-order chi connectivity index (χ0) is 18.6. The van der Waals surface area contributed by atoms with E-state index < -0.39 is 9.84 Å². The van der Waals surface area contributed by atoms with Crippen LogP contribution in [0.25, 0.3) is 0 Å². The van der Waals surface area contributed by atoms with E-state index >= 15 is 0 Å². The van der Waals surface area contributed by atoms with Crippen LogP contribution in [0.2, 0.25) is 0 Å². The van der Waals surface area contributed by atoms with Crippen LogP contribution in [-0.4, -0.2) is 76.2 Å². The molecular weight excluding hydrogens is 354 g/mol. The lowest BCUT2D eigenvalue weighted by molar-refractivity contribution is -0.117. The molecule has 8 heteroatoms. The minimum Gasteiger partial charge on any atom is -0.378 e. The highest BCUT2D eigenvalue weighted by Crippen LogP contribution is 2.26. The third-order valence-electron chi connectivity index (χ3n) is 5.01. The molecule has 0 bridgehead atoms. The van der Waals surface area contributed by atoms with Crippen LogP contribution in [-0.2, 0) is 19.4 Å². The molecule has 2 saturated heterocycles. The highest BCUT2D eigenvalue weighted by Gasteiger charge is 2.32. The molecule has 1 aromatic carbocycles. The summed E-state index contributed by atoms with van der Waals surface area (Å²) in [4.78, 5) is 16.8. The van der Waals surface area contributed by atoms with Crippen molar-refractivity contribution in [1.29, 1.82) is 0 Å². The number of para-hydroxylation sites is 2. The average molecular weight is 381 g/mol. The predicted octanol–water partition coefficient (Wildman–Crippen LogP) is 0.971. The van der Waals surface area contributed by atoms with Crippen molar-refractivity contribution in [3.05, 3.63) is 24.3 Å². The second kappa shape index (κ2) is 8.37. The first-order valence-corrected chi connectivity index (χ1v) is 11.0. The molecule has 2 aliphatic heterocycles. The summed E-state index contributed by atoms with van der Waals surface area (Å²) in [6.45, 7) is 5.78. The van der Waals surface area contributed by atoms with Crippen LogP contribution in [0.5, 0.6) is 0 Å². The van der Waals surface area contributed by atoms with Crippen LogP contribution in [0.3, 0.4) is 0 Å². The second-order valence-corrected chi connectivity index (χ2v) is 9.01. The summed E-state index contributed by atoms with van der Waals surface area (Å²) < 4.78 is 28.8. The first-order chi connectivity index (χ1) is 12.5. The number of carbonyl (C=O) groups excluding carboxylic acids is 1. The standard InChI is InChI=1S/C18H27N3O4S/c1-2-20(15-7-12-26(23,24)14-15)13-18(22)19-16-5-3-4-6-17(16)21-8-10-25-11-9-21/h3-6,15H,2,7-14H2,1H3,(H,19,22). The van der Waals surface area contributed by atoms with Gasteiger partial charge < -0.3 is 15.0 Å². The fourth-order valence-electron chi connectivity index (χ4n) is 3.60. The lowest BCUT2D eigenvalue weighted by Crippen LogP contribution is -2.41. The Morgan fingerprint density at radius 2 is 2.04 bits per heavy atom. The van der Waals surface area contributed by atoms with E-state index in [1.54, 1.807) is 0 Å². The summed E-state index contributed by atoms with van der Waals surface area (Å²) in [5.41, 5.74) is 1.78. The number of ether oxygens (including phenoxy) is 1. The van der Waals surface area contributed by atoms with E-state index in [0.717, 1.165) is 24.5 Å². The van der Waals surface area contributed by atoms with Crippen molar-refractivity contribution in [2.75, 3.05) is 61.1 Å². The number of amides is 1. The average Bonchev–Trinajstić information content (AvgIpc) is 3.00. The van der Waals surface area contributed by atoms with Gasteiger partial charge in [0.1, 0.15) is 0 Å². The predicted molar refractivity (Wildman–Crippen MR) is 102 cm³/mol. The number of likely N-dealkylation sites (N-methyl/N-ethyl adjacent to an activating group) is 1. The molecule has 0 saturated carbocycles. The van der Waals surface area contributed by atoms with E-state index in [4.69, 9.17) is 4.74 Å². The van der Waals surface area contributed by atoms with Gasteiger partial charge in [0.05, 0.1) is 42.6 Å². The Bertz CT molecular complexity index is 732. The molecule has 1 aromatic rings. The quantitative estimate of drug-likeness (QED) is 0.791. The number of morpholine rings is 1. The van der Waals surface area contributed by atoms with E-state index in [2.05, 4.69) is 10.2 Å². The molecule has 2 aliphatic rings. The zero-order valence-electron chi connectivity index (χ0n) is 15.2. The van der Waals surface area contributed by atoms with Crippen molar-refractivity contribution in [2.45, 2.75) is 19.4 Å². The van der Waals surface area contributed by atoms with Crippen molar-refractivity contribution in [3.63, 3.8) is 0 Å². The van der Waals surface area contributed by atoms with Gasteiger partial charge in [0, 0.05) is 19.1 Å². The van der Waals surface area contributed by atoms with Gasteiger partial charge in [0.15, 0.2) is 9.84 Å². The Labute approximate surface area is 155 Å². The summed E-state index contributed by atoms with van der Waals surface area (Å²) in [6.07, 6.45) is 0.605. The van der Waals surface area contributed by atoms with Gasteiger partial charge in [-0.1, -0.05) is 19.1 Å². The normalized spacial score (nSPS) is 22.5. The molecule has 7 nitrogen and oxygen atoms in total. The number of anilines is 2. The van der Waals surface area contributed by atoms with E-state index in [0.29, 0.717) is 26.2 Å². The maximum absolute atomic E-state index is 12.6. The first kappa shape index (κ1) is 19.1. The lowest BCUT2D eigenvalue weighted by Gasteiger charge is -2.31. The number of rotatable bonds is 6. The van der Waals surface area contributed by atoms with Gasteiger partial charge in [-0.15, -0.1) is 0 Å². The molecule has 0 spiro atoms. The largest absolute Gasteiger partial charge is 0.378 e. The number of nitrogens with zero attached hydrogens (tertiary/aromatic N) is 2. The smallest absolute Gasteiger partial charge is 0.238 e. The van der Waals surface area contributed by atoms with Crippen LogP contribution < -0.4 is 10.2 Å². The fraction of sp³-hybridized carbons (Fsp3) is 0.611. The van der Waals surface area contributed by atoms with Gasteiger partial charge in [-0.05, 0) is 25.1 Å². The van der Waals surface area contributed by atoms with Crippen molar-refractivity contribution in [1.82, 2.24) is 4.90 Å². The zero-order valence-corrected chi connectivity index (χ0v) is 16.0. The first-order valence-electron chi connectivity index (χ1n) is 9.14. The Hall–Kier alpha value is -1.64. The van der Waals surface area contributed by atoms with Gasteiger partial charge in [0.2, 0.25) is 5.91 Å². The molecule has 1 atom stereocenters. The van der Waals surface area contributed by atoms with Crippen LogP contribution in [0.1, 0.15) is 13.3 Å². The molecule has 1 unspecified atom stereocenters. The summed E-state index contributed by atoms with van der Waals surface area (Å²) in [5, 5.41) is 3.00. The van der Waals surface area contributed by atoms with Gasteiger partial charge in [-0.3, -0.25) is 9.69 Å². The van der Waals surface area contributed by atoms with Gasteiger partial charge in [-0.25, -0.2) is 8.42 Å². The van der Waals surface area contributed by atoms with Crippen LogP contribution in [0.4, 0.5) is 11.4 Å². The van der Waals surface area contributed by atoms with Crippen LogP contribution in [0.15, 0.2) is 24.3 Å². The summed E-state index contributed by atoms with van der Waals surface area (Å²) in [6, 6.07) is 7.70. The maximum atomic E-state index is 12.6. The Morgan fingerprint density at radius 3 is 2.69 bits per heavy atom. The summed E-state index contributed by atoms with van der Waals surface area (Å²) in [5.74, 6) is 0.255. The van der Waals surface area contributed by atoms with Crippen LogP contribution >= 0.6 is 0 Å². The minimum absolute atomic E-state index is 0.0646. The topological polar surface area (TPSA) is 79.0 Å². The van der Waals surface area contributed by atoms with Gasteiger partial charge in [0.25, 0.3) is 0 Å². The van der Waals surface area contributed by atoms with Gasteiger partial charge >= 0.3 is 0 Å². The molecule has 144 valence electrons. The third-order valence-corrected chi connectivity index (χ3v) is 6.76. The monoisotopic (exact) mass is 381 g/mol. The number of benzene rings is 1.